The number of hydrogen-bond donors (Lipinski definition) is 0. The zero-order chi connectivity index (χ0) is 46.1. The Balaban J connectivity index is 0.000000244. The van der Waals surface area contributed by atoms with Gasteiger partial charge in [0.15, 0.2) is 0 Å². The van der Waals surface area contributed by atoms with Gasteiger partial charge in [0.1, 0.15) is 0 Å². The van der Waals surface area contributed by atoms with Crippen LogP contribution in [0.4, 0.5) is 0 Å². The quantitative estimate of drug-likeness (QED) is 0.101. The summed E-state index contributed by atoms with van der Waals surface area (Å²) in [6.45, 7) is 20.9. The van der Waals surface area contributed by atoms with E-state index in [9.17, 15) is 0 Å². The van der Waals surface area contributed by atoms with Crippen molar-refractivity contribution >= 4 is 46.1 Å². The second-order valence-corrected chi connectivity index (χ2v) is 24.7. The molecule has 1 radical (unpaired) electrons. The monoisotopic (exact) mass is 1070 g/mol. The van der Waals surface area contributed by atoms with E-state index in [0.29, 0.717) is 17.8 Å². The first-order valence-electron chi connectivity index (χ1n) is 23.6. The predicted octanol–water partition coefficient (Wildman–Crippen LogP) is 15.8. The smallest absolute Gasteiger partial charge is 0.0798 e. The van der Waals surface area contributed by atoms with Crippen LogP contribution >= 0.6 is 0 Å². The van der Waals surface area contributed by atoms with Gasteiger partial charge in [-0.1, -0.05) is 157 Å². The number of rotatable bonds is 10. The van der Waals surface area contributed by atoms with Gasteiger partial charge in [-0.05, 0) is 111 Å². The average molecular weight is 1070 g/mol. The molecule has 339 valence electrons. The van der Waals surface area contributed by atoms with Crippen LogP contribution in [0.3, 0.4) is 0 Å². The van der Waals surface area contributed by atoms with Crippen molar-refractivity contribution in [2.75, 3.05) is 0 Å². The van der Waals surface area contributed by atoms with Gasteiger partial charge in [-0.25, -0.2) is 0 Å². The molecule has 3 aromatic heterocycles. The fourth-order valence-corrected chi connectivity index (χ4v) is 11.0. The van der Waals surface area contributed by atoms with Crippen LogP contribution in [-0.2, 0) is 26.5 Å². The van der Waals surface area contributed by atoms with Crippen molar-refractivity contribution in [2.24, 2.45) is 5.92 Å². The molecule has 0 atom stereocenters. The minimum Gasteiger partial charge on any atom is -0.351 e. The molecule has 10 rings (SSSR count). The summed E-state index contributed by atoms with van der Waals surface area (Å²) >= 11 is 0. The summed E-state index contributed by atoms with van der Waals surface area (Å²) in [5.74, 6) is 2.19. The zero-order valence-corrected chi connectivity index (χ0v) is 43.6. The third-order valence-electron chi connectivity index (χ3n) is 12.6. The van der Waals surface area contributed by atoms with Gasteiger partial charge >= 0.3 is 0 Å². The Bertz CT molecular complexity index is 3260. The molecular formula is C61H60IrN4Si-2. The number of benzene rings is 7. The van der Waals surface area contributed by atoms with Crippen molar-refractivity contribution < 1.29 is 20.1 Å². The molecule has 0 saturated heterocycles. The van der Waals surface area contributed by atoms with Crippen molar-refractivity contribution in [3.63, 3.8) is 0 Å². The standard InChI is InChI=1S/C43H36N3.C18H24NSi.Ir/c1-28(2)35-26-32(30-15-7-5-8-16-30)27-36(29(3)4)42(35)46-41-22-14-12-20-38(41)44-43(46)31-23-24-40-37(25-31)34-19-11-13-21-39(34)45(40)33-17-9-6-10-18-33;1-14(2)11-16-12-17(15-9-7-6-8-10-15)19-13-18(16)20(3,4)5;/h5-22,24-29H,1-4H3;6-9,12-14H,11H2,1-5H3;/q2*-1;. The largest absolute Gasteiger partial charge is 0.351 e. The summed E-state index contributed by atoms with van der Waals surface area (Å²) in [7, 11) is -1.34. The van der Waals surface area contributed by atoms with Gasteiger partial charge < -0.3 is 14.1 Å². The Hall–Kier alpha value is -6.17. The molecule has 6 heteroatoms. The van der Waals surface area contributed by atoms with Crippen LogP contribution < -0.4 is 5.19 Å². The first-order valence-corrected chi connectivity index (χ1v) is 27.1. The van der Waals surface area contributed by atoms with Crippen LogP contribution in [0.5, 0.6) is 0 Å². The molecule has 0 N–H and O–H groups in total. The van der Waals surface area contributed by atoms with Crippen molar-refractivity contribution in [2.45, 2.75) is 79.4 Å². The maximum absolute atomic E-state index is 5.32. The first kappa shape index (κ1) is 47.3. The second-order valence-electron chi connectivity index (χ2n) is 19.6. The van der Waals surface area contributed by atoms with Crippen molar-refractivity contribution in [1.29, 1.82) is 0 Å². The van der Waals surface area contributed by atoms with Crippen molar-refractivity contribution in [1.82, 2.24) is 19.1 Å². The Morgan fingerprint density at radius 2 is 1.19 bits per heavy atom. The molecular weight excluding hydrogens is 1010 g/mol. The third-order valence-corrected chi connectivity index (χ3v) is 14.6. The zero-order valence-electron chi connectivity index (χ0n) is 40.2. The maximum Gasteiger partial charge on any atom is 0.0798 e. The maximum atomic E-state index is 5.32. The van der Waals surface area contributed by atoms with Gasteiger partial charge in [0.2, 0.25) is 0 Å². The summed E-state index contributed by atoms with van der Waals surface area (Å²) in [5.41, 5.74) is 16.5. The second kappa shape index (κ2) is 20.0. The molecule has 4 nitrogen and oxygen atoms in total. The van der Waals surface area contributed by atoms with E-state index in [1.165, 1.54) is 55.0 Å². The SMILES string of the molecule is CC(C)Cc1cc(-c2[c-]cccc2)ncc1[Si](C)(C)C.CC(C)c1cc(-c2ccccc2)cc(C(C)C)c1-n1c(-c2[c-]cc3c(c2)c2ccccc2n3-c2ccccc2)nc2ccccc21.[Ir]. The predicted molar refractivity (Wildman–Crippen MR) is 283 cm³/mol. The van der Waals surface area contributed by atoms with E-state index in [-0.39, 0.29) is 20.1 Å². The molecule has 0 unspecified atom stereocenters. The summed E-state index contributed by atoms with van der Waals surface area (Å²) in [6, 6.07) is 65.0. The third kappa shape index (κ3) is 9.67. The molecule has 3 heterocycles. The van der Waals surface area contributed by atoms with Crippen LogP contribution in [0.1, 0.15) is 70.1 Å². The molecule has 10 aromatic rings. The number of pyridine rings is 1. The number of hydrogen-bond acceptors (Lipinski definition) is 2. The van der Waals surface area contributed by atoms with Gasteiger partial charge in [-0.2, -0.15) is 0 Å². The van der Waals surface area contributed by atoms with Crippen LogP contribution in [0.2, 0.25) is 19.6 Å². The molecule has 7 aromatic carbocycles. The molecule has 0 aliphatic carbocycles. The van der Waals surface area contributed by atoms with E-state index >= 15 is 0 Å². The van der Waals surface area contributed by atoms with E-state index in [1.807, 2.05) is 18.2 Å². The molecule has 0 bridgehead atoms. The van der Waals surface area contributed by atoms with Crippen molar-refractivity contribution in [3.05, 3.63) is 199 Å². The first-order chi connectivity index (χ1) is 31.9. The van der Waals surface area contributed by atoms with Gasteiger partial charge in [0.05, 0.1) is 24.9 Å². The topological polar surface area (TPSA) is 35.6 Å². The summed E-state index contributed by atoms with van der Waals surface area (Å²) < 4.78 is 4.74. The number of fused-ring (bicyclic) bond motifs is 4. The Morgan fingerprint density at radius 1 is 0.567 bits per heavy atom. The van der Waals surface area contributed by atoms with Crippen molar-refractivity contribution in [3.8, 4) is 45.1 Å². The summed E-state index contributed by atoms with van der Waals surface area (Å²) in [5, 5.41) is 3.91. The molecule has 0 aliphatic rings. The van der Waals surface area contributed by atoms with Crippen LogP contribution in [0.25, 0.3) is 78.0 Å². The van der Waals surface area contributed by atoms with E-state index in [4.69, 9.17) is 4.98 Å². The van der Waals surface area contributed by atoms with Crippen LogP contribution in [0.15, 0.2) is 170 Å². The minimum atomic E-state index is -1.34. The molecule has 0 aliphatic heterocycles. The van der Waals surface area contributed by atoms with Gasteiger partial charge in [-0.3, -0.25) is 4.98 Å². The Morgan fingerprint density at radius 3 is 1.84 bits per heavy atom. The van der Waals surface area contributed by atoms with E-state index in [0.717, 1.165) is 51.3 Å². The summed E-state index contributed by atoms with van der Waals surface area (Å²) in [4.78, 5) is 10.0. The fourth-order valence-electron chi connectivity index (χ4n) is 9.42. The normalized spacial score (nSPS) is 11.7. The minimum absolute atomic E-state index is 0. The van der Waals surface area contributed by atoms with Gasteiger partial charge in [0.25, 0.3) is 0 Å². The Labute approximate surface area is 412 Å². The molecule has 0 fully saturated rings. The summed E-state index contributed by atoms with van der Waals surface area (Å²) in [6.07, 6.45) is 3.24. The number of para-hydroxylation sites is 4. The van der Waals surface area contributed by atoms with Gasteiger partial charge in [0, 0.05) is 43.2 Å². The van der Waals surface area contributed by atoms with Gasteiger partial charge in [-0.15, -0.1) is 59.7 Å². The van der Waals surface area contributed by atoms with E-state index in [2.05, 4.69) is 239 Å². The number of imidazole rings is 1. The average Bonchev–Trinajstić information content (AvgIpc) is 3.87. The van der Waals surface area contributed by atoms with Crippen LogP contribution in [-0.4, -0.2) is 27.2 Å². The number of nitrogens with zero attached hydrogens (tertiary/aromatic N) is 4. The molecule has 0 amide bonds. The molecule has 0 spiro atoms. The Kier molecular flexibility index (Phi) is 14.1. The van der Waals surface area contributed by atoms with E-state index < -0.39 is 8.07 Å². The number of aromatic nitrogens is 4. The molecule has 0 saturated carbocycles. The van der Waals surface area contributed by atoms with Crippen LogP contribution in [0, 0.1) is 18.1 Å². The van der Waals surface area contributed by atoms with E-state index in [1.54, 1.807) is 0 Å². The fraction of sp³-hybridized carbons (Fsp3) is 0.213. The molecule has 67 heavy (non-hydrogen) atoms.